The van der Waals surface area contributed by atoms with Gasteiger partial charge in [-0.25, -0.2) is 0 Å². The molecule has 1 unspecified atom stereocenters. The molecule has 3 rings (SSSR count). The summed E-state index contributed by atoms with van der Waals surface area (Å²) in [6.07, 6.45) is 4.06. The summed E-state index contributed by atoms with van der Waals surface area (Å²) in [6, 6.07) is 8.25. The van der Waals surface area contributed by atoms with E-state index in [1.54, 1.807) is 6.20 Å². The third-order valence-electron chi connectivity index (χ3n) is 4.08. The number of carbonyl (C=O) groups is 1. The molecule has 2 heterocycles. The monoisotopic (exact) mass is 348 g/mol. The molecule has 110 valence electrons. The van der Waals surface area contributed by atoms with E-state index in [4.69, 9.17) is 5.11 Å². The maximum Gasteiger partial charge on any atom is 0.304 e. The Kier molecular flexibility index (Phi) is 4.22. The van der Waals surface area contributed by atoms with Crippen molar-refractivity contribution in [1.29, 1.82) is 0 Å². The Morgan fingerprint density at radius 1 is 1.43 bits per heavy atom. The molecule has 1 aliphatic heterocycles. The van der Waals surface area contributed by atoms with Crippen molar-refractivity contribution >= 4 is 32.8 Å². The Morgan fingerprint density at radius 2 is 2.29 bits per heavy atom. The molecule has 1 aromatic heterocycles. The first kappa shape index (κ1) is 14.5. The SMILES string of the molecule is O=C(O)CC1CCCN1Cc1ccc(Br)c2cccnc12. The van der Waals surface area contributed by atoms with Crippen LogP contribution >= 0.6 is 15.9 Å². The lowest BCUT2D eigenvalue weighted by atomic mass is 10.1. The van der Waals surface area contributed by atoms with Crippen LogP contribution in [0.2, 0.25) is 0 Å². The van der Waals surface area contributed by atoms with Crippen LogP contribution in [0.4, 0.5) is 0 Å². The average molecular weight is 349 g/mol. The molecule has 5 heteroatoms. The molecule has 1 N–H and O–H groups in total. The fraction of sp³-hybridized carbons (Fsp3) is 0.375. The Labute approximate surface area is 131 Å². The van der Waals surface area contributed by atoms with Crippen molar-refractivity contribution in [2.75, 3.05) is 6.54 Å². The predicted molar refractivity (Wildman–Crippen MR) is 85.1 cm³/mol. The highest BCUT2D eigenvalue weighted by atomic mass is 79.9. The lowest BCUT2D eigenvalue weighted by Gasteiger charge is -2.23. The minimum Gasteiger partial charge on any atom is -0.481 e. The summed E-state index contributed by atoms with van der Waals surface area (Å²) in [5, 5.41) is 10.1. The van der Waals surface area contributed by atoms with Gasteiger partial charge in [-0.05, 0) is 37.1 Å². The molecule has 1 fully saturated rings. The van der Waals surface area contributed by atoms with Crippen molar-refractivity contribution < 1.29 is 9.90 Å². The molecule has 0 bridgehead atoms. The van der Waals surface area contributed by atoms with Crippen LogP contribution in [0.3, 0.4) is 0 Å². The van der Waals surface area contributed by atoms with E-state index in [0.29, 0.717) is 0 Å². The normalized spacial score (nSPS) is 19.2. The summed E-state index contributed by atoms with van der Waals surface area (Å²) < 4.78 is 1.04. The maximum absolute atomic E-state index is 11.0. The van der Waals surface area contributed by atoms with Gasteiger partial charge in [0.25, 0.3) is 0 Å². The topological polar surface area (TPSA) is 53.4 Å². The van der Waals surface area contributed by atoms with Crippen molar-refractivity contribution in [3.63, 3.8) is 0 Å². The van der Waals surface area contributed by atoms with Crippen molar-refractivity contribution in [3.8, 4) is 0 Å². The highest BCUT2D eigenvalue weighted by molar-refractivity contribution is 9.10. The van der Waals surface area contributed by atoms with E-state index in [9.17, 15) is 4.79 Å². The van der Waals surface area contributed by atoms with Gasteiger partial charge in [0.2, 0.25) is 0 Å². The van der Waals surface area contributed by atoms with Gasteiger partial charge in [0.1, 0.15) is 0 Å². The summed E-state index contributed by atoms with van der Waals surface area (Å²) in [5.41, 5.74) is 2.15. The second-order valence-corrected chi connectivity index (χ2v) is 6.32. The fourth-order valence-electron chi connectivity index (χ4n) is 3.08. The van der Waals surface area contributed by atoms with E-state index in [2.05, 4.69) is 37.9 Å². The quantitative estimate of drug-likeness (QED) is 0.919. The molecule has 2 aromatic rings. The Hall–Kier alpha value is -1.46. The molecule has 0 spiro atoms. The van der Waals surface area contributed by atoms with Crippen molar-refractivity contribution in [2.45, 2.75) is 31.8 Å². The molecule has 1 saturated heterocycles. The van der Waals surface area contributed by atoms with Gasteiger partial charge in [-0.3, -0.25) is 14.7 Å². The molecule has 0 aliphatic carbocycles. The number of benzene rings is 1. The van der Waals surface area contributed by atoms with Crippen LogP contribution in [0.25, 0.3) is 10.9 Å². The van der Waals surface area contributed by atoms with Crippen LogP contribution in [0, 0.1) is 0 Å². The molecule has 0 saturated carbocycles. The number of hydrogen-bond acceptors (Lipinski definition) is 3. The molecule has 1 atom stereocenters. The van der Waals surface area contributed by atoms with E-state index in [1.165, 1.54) is 0 Å². The van der Waals surface area contributed by atoms with Crippen molar-refractivity contribution in [3.05, 3.63) is 40.5 Å². The van der Waals surface area contributed by atoms with Crippen LogP contribution in [0.15, 0.2) is 34.9 Å². The Balaban J connectivity index is 1.88. The number of rotatable bonds is 4. The lowest BCUT2D eigenvalue weighted by Crippen LogP contribution is -2.31. The molecule has 0 radical (unpaired) electrons. The molecule has 0 amide bonds. The molecular weight excluding hydrogens is 332 g/mol. The Bertz CT molecular complexity index is 674. The molecule has 21 heavy (non-hydrogen) atoms. The minimum atomic E-state index is -0.717. The van der Waals surface area contributed by atoms with Crippen LogP contribution < -0.4 is 0 Å². The third-order valence-corrected chi connectivity index (χ3v) is 4.77. The molecule has 1 aliphatic rings. The van der Waals surface area contributed by atoms with Gasteiger partial charge in [-0.15, -0.1) is 0 Å². The van der Waals surface area contributed by atoms with Gasteiger partial charge in [0, 0.05) is 28.6 Å². The smallest absolute Gasteiger partial charge is 0.304 e. The standard InChI is InChI=1S/C16H17BrN2O2/c17-14-6-5-11(16-13(14)4-1-7-18-16)10-19-8-2-3-12(19)9-15(20)21/h1,4-7,12H,2-3,8-10H2,(H,20,21). The second-order valence-electron chi connectivity index (χ2n) is 5.47. The summed E-state index contributed by atoms with van der Waals surface area (Å²) >= 11 is 3.56. The summed E-state index contributed by atoms with van der Waals surface area (Å²) in [6.45, 7) is 1.72. The largest absolute Gasteiger partial charge is 0.481 e. The van der Waals surface area contributed by atoms with Crippen molar-refractivity contribution in [2.24, 2.45) is 0 Å². The number of carboxylic acid groups (broad SMARTS) is 1. The van der Waals surface area contributed by atoms with Gasteiger partial charge < -0.3 is 5.11 Å². The van der Waals surface area contributed by atoms with Crippen LogP contribution in [-0.2, 0) is 11.3 Å². The highest BCUT2D eigenvalue weighted by Crippen LogP contribution is 2.28. The van der Waals surface area contributed by atoms with E-state index in [-0.39, 0.29) is 12.5 Å². The first-order valence-corrected chi connectivity index (χ1v) is 7.92. The predicted octanol–water partition coefficient (Wildman–Crippen LogP) is 3.44. The first-order chi connectivity index (χ1) is 10.1. The molecule has 4 nitrogen and oxygen atoms in total. The number of halogens is 1. The van der Waals surface area contributed by atoms with Gasteiger partial charge in [-0.2, -0.15) is 0 Å². The first-order valence-electron chi connectivity index (χ1n) is 7.13. The summed E-state index contributed by atoms with van der Waals surface area (Å²) in [4.78, 5) is 17.7. The summed E-state index contributed by atoms with van der Waals surface area (Å²) in [7, 11) is 0. The zero-order chi connectivity index (χ0) is 14.8. The highest BCUT2D eigenvalue weighted by Gasteiger charge is 2.27. The number of aliphatic carboxylic acids is 1. The van der Waals surface area contributed by atoms with Crippen molar-refractivity contribution in [1.82, 2.24) is 9.88 Å². The van der Waals surface area contributed by atoms with Gasteiger partial charge in [0.15, 0.2) is 0 Å². The van der Waals surface area contributed by atoms with Crippen LogP contribution in [0.1, 0.15) is 24.8 Å². The number of fused-ring (bicyclic) bond motifs is 1. The molecule has 1 aromatic carbocycles. The fourth-order valence-corrected chi connectivity index (χ4v) is 3.53. The zero-order valence-corrected chi connectivity index (χ0v) is 13.2. The minimum absolute atomic E-state index is 0.143. The summed E-state index contributed by atoms with van der Waals surface area (Å²) in [5.74, 6) is -0.717. The van der Waals surface area contributed by atoms with Crippen LogP contribution in [0.5, 0.6) is 0 Å². The molecular formula is C16H17BrN2O2. The van der Waals surface area contributed by atoms with E-state index in [1.807, 2.05) is 12.1 Å². The van der Waals surface area contributed by atoms with Crippen LogP contribution in [-0.4, -0.2) is 33.5 Å². The zero-order valence-electron chi connectivity index (χ0n) is 11.6. The average Bonchev–Trinajstić information content (AvgIpc) is 2.89. The third kappa shape index (κ3) is 3.09. The van der Waals surface area contributed by atoms with E-state index in [0.717, 1.165) is 46.9 Å². The number of pyridine rings is 1. The number of carboxylic acids is 1. The van der Waals surface area contributed by atoms with Gasteiger partial charge in [0.05, 0.1) is 11.9 Å². The second kappa shape index (κ2) is 6.12. The number of likely N-dealkylation sites (tertiary alicyclic amines) is 1. The number of hydrogen-bond donors (Lipinski definition) is 1. The maximum atomic E-state index is 11.0. The number of aromatic nitrogens is 1. The van der Waals surface area contributed by atoms with E-state index >= 15 is 0 Å². The lowest BCUT2D eigenvalue weighted by molar-refractivity contribution is -0.138. The number of nitrogens with zero attached hydrogens (tertiary/aromatic N) is 2. The van der Waals surface area contributed by atoms with Gasteiger partial charge in [-0.1, -0.05) is 28.1 Å². The van der Waals surface area contributed by atoms with E-state index < -0.39 is 5.97 Å². The Morgan fingerprint density at radius 3 is 3.10 bits per heavy atom. The van der Waals surface area contributed by atoms with Gasteiger partial charge >= 0.3 is 5.97 Å².